The Balaban J connectivity index is 2.35. The fourth-order valence-electron chi connectivity index (χ4n) is 1.27. The zero-order chi connectivity index (χ0) is 7.40. The maximum absolute atomic E-state index is 10.7. The third-order valence-electron chi connectivity index (χ3n) is 1.90. The molecule has 0 aromatic rings. The van der Waals surface area contributed by atoms with E-state index in [1.54, 1.807) is 0 Å². The molecule has 1 atom stereocenters. The van der Waals surface area contributed by atoms with E-state index in [-0.39, 0.29) is 11.9 Å². The first-order valence-corrected chi connectivity index (χ1v) is 3.83. The molecule has 1 fully saturated rings. The summed E-state index contributed by atoms with van der Waals surface area (Å²) in [6, 6.07) is -0.0671. The molecule has 0 aliphatic carbocycles. The summed E-state index contributed by atoms with van der Waals surface area (Å²) in [6.07, 6.45) is 4.43. The summed E-state index contributed by atoms with van der Waals surface area (Å²) in [5.74, 6) is -0.207. The van der Waals surface area contributed by atoms with Crippen molar-refractivity contribution in [3.05, 3.63) is 0 Å². The fourth-order valence-corrected chi connectivity index (χ4v) is 1.27. The van der Waals surface area contributed by atoms with Crippen LogP contribution in [0.1, 0.15) is 25.7 Å². The Kier molecular flexibility index (Phi) is 2.68. The third-order valence-corrected chi connectivity index (χ3v) is 1.90. The van der Waals surface area contributed by atoms with E-state index in [9.17, 15) is 4.79 Å². The van der Waals surface area contributed by atoms with Crippen molar-refractivity contribution in [1.82, 2.24) is 5.32 Å². The average molecular weight is 142 g/mol. The van der Waals surface area contributed by atoms with Crippen LogP contribution in [0.25, 0.3) is 0 Å². The molecule has 1 amide bonds. The van der Waals surface area contributed by atoms with Crippen molar-refractivity contribution in [3.8, 4) is 0 Å². The lowest BCUT2D eigenvalue weighted by atomic mass is 10.1. The molecule has 0 bridgehead atoms. The Morgan fingerprint density at radius 2 is 2.20 bits per heavy atom. The van der Waals surface area contributed by atoms with Crippen LogP contribution in [0.15, 0.2) is 0 Å². The quantitative estimate of drug-likeness (QED) is 0.541. The van der Waals surface area contributed by atoms with Crippen LogP contribution in [0, 0.1) is 0 Å². The molecule has 0 aromatic carbocycles. The Hall–Kier alpha value is -0.570. The van der Waals surface area contributed by atoms with Gasteiger partial charge in [0.25, 0.3) is 0 Å². The summed E-state index contributed by atoms with van der Waals surface area (Å²) >= 11 is 0. The van der Waals surface area contributed by atoms with E-state index < -0.39 is 0 Å². The molecule has 1 aliphatic rings. The normalized spacial score (nSPS) is 27.4. The predicted molar refractivity (Wildman–Crippen MR) is 39.5 cm³/mol. The molecule has 3 heteroatoms. The van der Waals surface area contributed by atoms with Crippen LogP contribution in [-0.4, -0.2) is 18.5 Å². The monoisotopic (exact) mass is 142 g/mol. The van der Waals surface area contributed by atoms with E-state index in [0.29, 0.717) is 0 Å². The topological polar surface area (TPSA) is 55.1 Å². The number of carbonyl (C=O) groups is 1. The second kappa shape index (κ2) is 3.56. The van der Waals surface area contributed by atoms with Crippen LogP contribution in [0.5, 0.6) is 0 Å². The lowest BCUT2D eigenvalue weighted by molar-refractivity contribution is -0.120. The van der Waals surface area contributed by atoms with Gasteiger partial charge in [-0.15, -0.1) is 0 Å². The largest absolute Gasteiger partial charge is 0.368 e. The number of rotatable bonds is 1. The fraction of sp³-hybridized carbons (Fsp3) is 0.857. The van der Waals surface area contributed by atoms with Crippen molar-refractivity contribution in [2.45, 2.75) is 31.7 Å². The first kappa shape index (κ1) is 7.54. The second-order valence-electron chi connectivity index (χ2n) is 2.76. The van der Waals surface area contributed by atoms with Crippen LogP contribution in [0.4, 0.5) is 0 Å². The first-order valence-electron chi connectivity index (χ1n) is 3.83. The lowest BCUT2D eigenvalue weighted by Gasteiger charge is -2.09. The van der Waals surface area contributed by atoms with E-state index in [2.05, 4.69) is 5.32 Å². The van der Waals surface area contributed by atoms with Gasteiger partial charge in [-0.3, -0.25) is 4.79 Å². The number of nitrogens with one attached hydrogen (secondary N) is 1. The number of carbonyl (C=O) groups excluding carboxylic acids is 1. The molecule has 3 N–H and O–H groups in total. The van der Waals surface area contributed by atoms with Gasteiger partial charge in [0.15, 0.2) is 0 Å². The molecule has 3 nitrogen and oxygen atoms in total. The van der Waals surface area contributed by atoms with Gasteiger partial charge >= 0.3 is 0 Å². The highest BCUT2D eigenvalue weighted by atomic mass is 16.1. The van der Waals surface area contributed by atoms with Gasteiger partial charge in [-0.1, -0.05) is 12.8 Å². The smallest absolute Gasteiger partial charge is 0.234 e. The number of hydrogen-bond donors (Lipinski definition) is 2. The van der Waals surface area contributed by atoms with E-state index >= 15 is 0 Å². The van der Waals surface area contributed by atoms with Crippen LogP contribution in [0.2, 0.25) is 0 Å². The molecule has 10 heavy (non-hydrogen) atoms. The van der Waals surface area contributed by atoms with Crippen LogP contribution < -0.4 is 11.1 Å². The average Bonchev–Trinajstić information content (AvgIpc) is 2.12. The standard InChI is InChI=1S/C7H14N2O/c8-7(10)6-4-2-1-3-5-9-6/h6,9H,1-5H2,(H2,8,10)/t6-/m1/s1. The van der Waals surface area contributed by atoms with Crippen molar-refractivity contribution in [2.24, 2.45) is 5.73 Å². The maximum Gasteiger partial charge on any atom is 0.234 e. The van der Waals surface area contributed by atoms with Gasteiger partial charge in [0, 0.05) is 0 Å². The number of nitrogens with two attached hydrogens (primary N) is 1. The number of hydrogen-bond acceptors (Lipinski definition) is 2. The van der Waals surface area contributed by atoms with Crippen molar-refractivity contribution < 1.29 is 4.79 Å². The summed E-state index contributed by atoms with van der Waals surface area (Å²) in [5, 5.41) is 3.11. The van der Waals surface area contributed by atoms with Gasteiger partial charge in [0.2, 0.25) is 5.91 Å². The van der Waals surface area contributed by atoms with Crippen LogP contribution >= 0.6 is 0 Å². The van der Waals surface area contributed by atoms with Crippen molar-refractivity contribution in [2.75, 3.05) is 6.54 Å². The van der Waals surface area contributed by atoms with Gasteiger partial charge in [0.1, 0.15) is 0 Å². The van der Waals surface area contributed by atoms with Gasteiger partial charge in [-0.25, -0.2) is 0 Å². The Morgan fingerprint density at radius 3 is 2.90 bits per heavy atom. The predicted octanol–water partition coefficient (Wildman–Crippen LogP) is 0.00390. The second-order valence-corrected chi connectivity index (χ2v) is 2.76. The molecule has 0 spiro atoms. The molecule has 0 aromatic heterocycles. The summed E-state index contributed by atoms with van der Waals surface area (Å²) < 4.78 is 0. The highest BCUT2D eigenvalue weighted by Crippen LogP contribution is 2.07. The molecule has 1 aliphatic heterocycles. The minimum Gasteiger partial charge on any atom is -0.368 e. The Bertz CT molecular complexity index is 117. The minimum atomic E-state index is -0.207. The Labute approximate surface area is 61.0 Å². The van der Waals surface area contributed by atoms with Crippen molar-refractivity contribution in [1.29, 1.82) is 0 Å². The minimum absolute atomic E-state index is 0.0671. The third kappa shape index (κ3) is 1.99. The molecular formula is C7H14N2O. The summed E-state index contributed by atoms with van der Waals surface area (Å²) in [4.78, 5) is 10.7. The highest BCUT2D eigenvalue weighted by Gasteiger charge is 2.15. The first-order chi connectivity index (χ1) is 4.80. The van der Waals surface area contributed by atoms with Crippen LogP contribution in [0.3, 0.4) is 0 Å². The summed E-state index contributed by atoms with van der Waals surface area (Å²) in [6.45, 7) is 0.938. The summed E-state index contributed by atoms with van der Waals surface area (Å²) in [5.41, 5.74) is 5.14. The molecule has 1 rings (SSSR count). The highest BCUT2D eigenvalue weighted by molar-refractivity contribution is 5.79. The van der Waals surface area contributed by atoms with Gasteiger partial charge in [0.05, 0.1) is 6.04 Å². The van der Waals surface area contributed by atoms with E-state index in [1.165, 1.54) is 12.8 Å². The SMILES string of the molecule is NC(=O)[C@H]1CCCCCN1. The molecule has 0 radical (unpaired) electrons. The molecule has 58 valence electrons. The number of amides is 1. The molecule has 1 heterocycles. The summed E-state index contributed by atoms with van der Waals surface area (Å²) in [7, 11) is 0. The maximum atomic E-state index is 10.7. The molecular weight excluding hydrogens is 128 g/mol. The zero-order valence-corrected chi connectivity index (χ0v) is 6.10. The van der Waals surface area contributed by atoms with E-state index in [4.69, 9.17) is 5.73 Å². The van der Waals surface area contributed by atoms with E-state index in [0.717, 1.165) is 19.4 Å². The molecule has 0 saturated carbocycles. The van der Waals surface area contributed by atoms with Gasteiger partial charge in [-0.2, -0.15) is 0 Å². The van der Waals surface area contributed by atoms with Gasteiger partial charge in [-0.05, 0) is 19.4 Å². The zero-order valence-electron chi connectivity index (χ0n) is 6.10. The molecule has 0 unspecified atom stereocenters. The van der Waals surface area contributed by atoms with Gasteiger partial charge < -0.3 is 11.1 Å². The Morgan fingerprint density at radius 1 is 1.40 bits per heavy atom. The number of primary amides is 1. The van der Waals surface area contributed by atoms with E-state index in [1.807, 2.05) is 0 Å². The van der Waals surface area contributed by atoms with Crippen LogP contribution in [-0.2, 0) is 4.79 Å². The van der Waals surface area contributed by atoms with Crippen molar-refractivity contribution >= 4 is 5.91 Å². The molecule has 1 saturated heterocycles. The lowest BCUT2D eigenvalue weighted by Crippen LogP contribution is -2.40. The van der Waals surface area contributed by atoms with Crippen molar-refractivity contribution in [3.63, 3.8) is 0 Å².